The van der Waals surface area contributed by atoms with E-state index in [0.717, 1.165) is 38.6 Å². The number of piperidine rings is 1. The Balaban J connectivity index is 1.67. The molecule has 0 saturated carbocycles. The molecule has 2 aliphatic rings. The van der Waals surface area contributed by atoms with Crippen LogP contribution in [0.25, 0.3) is 0 Å². The lowest BCUT2D eigenvalue weighted by Crippen LogP contribution is -2.49. The highest BCUT2D eigenvalue weighted by Crippen LogP contribution is 2.22. The number of anilines is 1. The molecular formula is C14H23N5O3S. The van der Waals surface area contributed by atoms with E-state index in [9.17, 15) is 13.2 Å². The van der Waals surface area contributed by atoms with Crippen molar-refractivity contribution in [1.82, 2.24) is 19.2 Å². The van der Waals surface area contributed by atoms with Crippen LogP contribution in [0.4, 0.5) is 5.82 Å². The van der Waals surface area contributed by atoms with Gasteiger partial charge in [0.2, 0.25) is 0 Å². The zero-order valence-electron chi connectivity index (χ0n) is 13.1. The molecular weight excluding hydrogens is 318 g/mol. The van der Waals surface area contributed by atoms with E-state index in [0.29, 0.717) is 25.5 Å². The van der Waals surface area contributed by atoms with Crippen LogP contribution in [0.5, 0.6) is 0 Å². The van der Waals surface area contributed by atoms with E-state index in [1.54, 1.807) is 6.07 Å². The van der Waals surface area contributed by atoms with Gasteiger partial charge in [-0.05, 0) is 38.2 Å². The minimum Gasteiger partial charge on any atom is -0.351 e. The summed E-state index contributed by atoms with van der Waals surface area (Å²) in [6.07, 6.45) is 4.87. The summed E-state index contributed by atoms with van der Waals surface area (Å²) in [5, 5.41) is 6.52. The molecule has 23 heavy (non-hydrogen) atoms. The maximum atomic E-state index is 12.3. The zero-order chi connectivity index (χ0) is 16.3. The van der Waals surface area contributed by atoms with Crippen LogP contribution in [0.15, 0.2) is 16.9 Å². The lowest BCUT2D eigenvalue weighted by Gasteiger charge is -2.36. The van der Waals surface area contributed by atoms with Gasteiger partial charge in [0, 0.05) is 38.3 Å². The largest absolute Gasteiger partial charge is 0.351 e. The summed E-state index contributed by atoms with van der Waals surface area (Å²) < 4.78 is 28.8. The maximum absolute atomic E-state index is 12.3. The Morgan fingerprint density at radius 2 is 1.91 bits per heavy atom. The van der Waals surface area contributed by atoms with Gasteiger partial charge in [-0.2, -0.15) is 17.8 Å². The fourth-order valence-electron chi connectivity index (χ4n) is 3.23. The molecule has 0 radical (unpaired) electrons. The van der Waals surface area contributed by atoms with Crippen molar-refractivity contribution in [2.45, 2.75) is 38.1 Å². The minimum absolute atomic E-state index is 0.0551. The van der Waals surface area contributed by atoms with E-state index in [2.05, 4.69) is 19.8 Å². The predicted octanol–water partition coefficient (Wildman–Crippen LogP) is 0.0590. The molecule has 0 spiro atoms. The minimum atomic E-state index is -3.39. The van der Waals surface area contributed by atoms with Crippen molar-refractivity contribution >= 4 is 16.0 Å². The Labute approximate surface area is 136 Å². The Hall–Kier alpha value is -1.45. The highest BCUT2D eigenvalue weighted by atomic mass is 32.2. The molecule has 2 N–H and O–H groups in total. The molecule has 2 fully saturated rings. The van der Waals surface area contributed by atoms with Gasteiger partial charge in [0.15, 0.2) is 0 Å². The van der Waals surface area contributed by atoms with Crippen molar-refractivity contribution in [3.8, 4) is 0 Å². The van der Waals surface area contributed by atoms with E-state index in [1.807, 2.05) is 0 Å². The zero-order valence-corrected chi connectivity index (χ0v) is 13.9. The quantitative estimate of drug-likeness (QED) is 0.789. The molecule has 0 aromatic carbocycles. The Bertz CT molecular complexity index is 663. The number of rotatable bonds is 5. The molecule has 8 nitrogen and oxygen atoms in total. The van der Waals surface area contributed by atoms with Crippen molar-refractivity contribution in [1.29, 1.82) is 0 Å². The number of aromatic amines is 1. The van der Waals surface area contributed by atoms with Crippen LogP contribution in [0, 0.1) is 0 Å². The molecule has 1 unspecified atom stereocenters. The van der Waals surface area contributed by atoms with Gasteiger partial charge in [-0.15, -0.1) is 0 Å². The van der Waals surface area contributed by atoms with Gasteiger partial charge in [0.1, 0.15) is 5.82 Å². The smallest absolute Gasteiger partial charge is 0.279 e. The van der Waals surface area contributed by atoms with Crippen LogP contribution in [0.2, 0.25) is 0 Å². The van der Waals surface area contributed by atoms with Crippen molar-refractivity contribution < 1.29 is 8.42 Å². The molecule has 9 heteroatoms. The summed E-state index contributed by atoms with van der Waals surface area (Å²) in [7, 11) is -3.39. The van der Waals surface area contributed by atoms with Crippen molar-refractivity contribution in [3.63, 3.8) is 0 Å². The molecule has 1 atom stereocenters. The maximum Gasteiger partial charge on any atom is 0.279 e. The highest BCUT2D eigenvalue weighted by molar-refractivity contribution is 7.87. The Morgan fingerprint density at radius 1 is 1.17 bits per heavy atom. The summed E-state index contributed by atoms with van der Waals surface area (Å²) in [5.41, 5.74) is -0.239. The van der Waals surface area contributed by atoms with Gasteiger partial charge in [-0.25, -0.2) is 9.82 Å². The first-order valence-electron chi connectivity index (χ1n) is 8.13. The van der Waals surface area contributed by atoms with E-state index < -0.39 is 10.2 Å². The number of hydrogen-bond donors (Lipinski definition) is 2. The molecule has 2 aliphatic heterocycles. The number of nitrogens with one attached hydrogen (secondary N) is 2. The van der Waals surface area contributed by atoms with Gasteiger partial charge in [-0.1, -0.05) is 0 Å². The van der Waals surface area contributed by atoms with Crippen molar-refractivity contribution in [2.75, 3.05) is 31.1 Å². The normalized spacial score (nSPS) is 23.3. The van der Waals surface area contributed by atoms with E-state index in [4.69, 9.17) is 0 Å². The summed E-state index contributed by atoms with van der Waals surface area (Å²) in [4.78, 5) is 13.2. The Morgan fingerprint density at radius 3 is 2.61 bits per heavy atom. The average molecular weight is 341 g/mol. The van der Waals surface area contributed by atoms with Gasteiger partial charge in [-0.3, -0.25) is 4.79 Å². The van der Waals surface area contributed by atoms with Gasteiger partial charge < -0.3 is 4.90 Å². The fraction of sp³-hybridized carbons (Fsp3) is 0.714. The van der Waals surface area contributed by atoms with E-state index in [1.165, 1.54) is 10.4 Å². The molecule has 3 heterocycles. The molecule has 0 aliphatic carbocycles. The molecule has 0 bridgehead atoms. The number of H-pyrrole nitrogens is 1. The summed E-state index contributed by atoms with van der Waals surface area (Å²) in [6, 6.07) is 3.19. The van der Waals surface area contributed by atoms with Crippen LogP contribution in [0.3, 0.4) is 0 Å². The van der Waals surface area contributed by atoms with E-state index in [-0.39, 0.29) is 11.6 Å². The standard InChI is InChI=1S/C14H23N5O3S/c20-14-7-6-13(16-17-14)19-10-2-1-5-12(19)11-15-23(21,22)18-8-3-4-9-18/h6-7,12,15H,1-5,8-11H2,(H,17,20). The summed E-state index contributed by atoms with van der Waals surface area (Å²) >= 11 is 0. The molecule has 1 aromatic heterocycles. The Kier molecular flexibility index (Phi) is 4.98. The van der Waals surface area contributed by atoms with Crippen molar-refractivity contribution in [3.05, 3.63) is 22.5 Å². The van der Waals surface area contributed by atoms with Gasteiger partial charge in [0.05, 0.1) is 0 Å². The second kappa shape index (κ2) is 6.98. The third-order valence-corrected chi connectivity index (χ3v) is 6.07. The van der Waals surface area contributed by atoms with Gasteiger partial charge in [0.25, 0.3) is 15.8 Å². The van der Waals surface area contributed by atoms with Crippen LogP contribution in [0.1, 0.15) is 32.1 Å². The molecule has 128 valence electrons. The average Bonchev–Trinajstić information content (AvgIpc) is 3.10. The topological polar surface area (TPSA) is 98.4 Å². The lowest BCUT2D eigenvalue weighted by atomic mass is 10.0. The summed E-state index contributed by atoms with van der Waals surface area (Å²) in [5.74, 6) is 0.690. The second-order valence-electron chi connectivity index (χ2n) is 6.08. The molecule has 0 amide bonds. The van der Waals surface area contributed by atoms with Crippen molar-refractivity contribution in [2.24, 2.45) is 0 Å². The van der Waals surface area contributed by atoms with Crippen LogP contribution >= 0.6 is 0 Å². The molecule has 3 rings (SSSR count). The first-order chi connectivity index (χ1) is 11.1. The van der Waals surface area contributed by atoms with Crippen LogP contribution in [-0.2, 0) is 10.2 Å². The third kappa shape index (κ3) is 3.91. The first kappa shape index (κ1) is 16.4. The second-order valence-corrected chi connectivity index (χ2v) is 7.84. The first-order valence-corrected chi connectivity index (χ1v) is 9.57. The predicted molar refractivity (Wildman–Crippen MR) is 87.6 cm³/mol. The van der Waals surface area contributed by atoms with Gasteiger partial charge >= 0.3 is 0 Å². The summed E-state index contributed by atoms with van der Waals surface area (Å²) in [6.45, 7) is 2.38. The highest BCUT2D eigenvalue weighted by Gasteiger charge is 2.29. The number of aromatic nitrogens is 2. The van der Waals surface area contributed by atoms with Crippen LogP contribution in [-0.4, -0.2) is 55.1 Å². The monoisotopic (exact) mass is 341 g/mol. The number of hydrogen-bond acceptors (Lipinski definition) is 5. The molecule has 1 aromatic rings. The van der Waals surface area contributed by atoms with E-state index >= 15 is 0 Å². The lowest BCUT2D eigenvalue weighted by molar-refractivity contribution is 0.430. The van der Waals surface area contributed by atoms with Crippen LogP contribution < -0.4 is 15.2 Å². The SMILES string of the molecule is O=c1ccc(N2CCCCC2CNS(=O)(=O)N2CCCC2)n[nH]1. The molecule has 2 saturated heterocycles. The third-order valence-electron chi connectivity index (χ3n) is 4.49. The number of nitrogens with zero attached hydrogens (tertiary/aromatic N) is 3. The fourth-order valence-corrected chi connectivity index (χ4v) is 4.56.